The quantitative estimate of drug-likeness (QED) is 0.431. The molecule has 6 nitrogen and oxygen atoms in total. The Bertz CT molecular complexity index is 526. The summed E-state index contributed by atoms with van der Waals surface area (Å²) >= 11 is 3.11. The van der Waals surface area contributed by atoms with Gasteiger partial charge < -0.3 is 20.1 Å². The van der Waals surface area contributed by atoms with Gasteiger partial charge in [0.05, 0.1) is 7.11 Å². The summed E-state index contributed by atoms with van der Waals surface area (Å²) in [7, 11) is 1.16. The molecule has 0 amide bonds. The SMILES string of the molecule is COc1c(O)c(C=O)c(O)c(C(=O)C(C)CBr)c1O. The lowest BCUT2D eigenvalue weighted by Crippen LogP contribution is -2.14. The molecule has 104 valence electrons. The number of halogens is 1. The Morgan fingerprint density at radius 1 is 1.32 bits per heavy atom. The fourth-order valence-electron chi connectivity index (χ4n) is 1.56. The van der Waals surface area contributed by atoms with Gasteiger partial charge in [0.25, 0.3) is 0 Å². The Kier molecular flexibility index (Phi) is 4.77. The molecule has 0 aliphatic carbocycles. The summed E-state index contributed by atoms with van der Waals surface area (Å²) in [5, 5.41) is 29.7. The van der Waals surface area contributed by atoms with Crippen LogP contribution in [0.3, 0.4) is 0 Å². The molecule has 0 saturated heterocycles. The van der Waals surface area contributed by atoms with Crippen LogP contribution in [-0.2, 0) is 0 Å². The Labute approximate surface area is 117 Å². The molecule has 1 atom stereocenters. The zero-order chi connectivity index (χ0) is 14.7. The van der Waals surface area contributed by atoms with E-state index in [9.17, 15) is 24.9 Å². The van der Waals surface area contributed by atoms with Gasteiger partial charge in [0.15, 0.2) is 23.6 Å². The van der Waals surface area contributed by atoms with E-state index in [-0.39, 0.29) is 6.29 Å². The van der Waals surface area contributed by atoms with Crippen LogP contribution in [0.25, 0.3) is 0 Å². The predicted molar refractivity (Wildman–Crippen MR) is 70.7 cm³/mol. The Morgan fingerprint density at radius 2 is 1.89 bits per heavy atom. The molecule has 0 aliphatic rings. The van der Waals surface area contributed by atoms with Gasteiger partial charge in [0.2, 0.25) is 5.75 Å². The van der Waals surface area contributed by atoms with E-state index in [1.54, 1.807) is 6.92 Å². The molecule has 7 heteroatoms. The van der Waals surface area contributed by atoms with Crippen LogP contribution >= 0.6 is 15.9 Å². The fraction of sp³-hybridized carbons (Fsp3) is 0.333. The highest BCUT2D eigenvalue weighted by Gasteiger charge is 2.30. The molecule has 1 aromatic carbocycles. The highest BCUT2D eigenvalue weighted by molar-refractivity contribution is 9.09. The maximum Gasteiger partial charge on any atom is 0.204 e. The monoisotopic (exact) mass is 332 g/mol. The van der Waals surface area contributed by atoms with Crippen molar-refractivity contribution in [2.75, 3.05) is 12.4 Å². The first kappa shape index (κ1) is 15.3. The number of ketones is 1. The summed E-state index contributed by atoms with van der Waals surface area (Å²) in [4.78, 5) is 22.9. The molecule has 0 saturated carbocycles. The average Bonchev–Trinajstić information content (AvgIpc) is 2.38. The van der Waals surface area contributed by atoms with Crippen molar-refractivity contribution >= 4 is 28.0 Å². The predicted octanol–water partition coefficient (Wildman–Crippen LogP) is 1.84. The van der Waals surface area contributed by atoms with Crippen molar-refractivity contribution < 1.29 is 29.6 Å². The third-order valence-corrected chi connectivity index (χ3v) is 3.63. The first-order valence-corrected chi connectivity index (χ1v) is 6.42. The minimum Gasteiger partial charge on any atom is -0.506 e. The number of benzene rings is 1. The molecule has 3 N–H and O–H groups in total. The van der Waals surface area contributed by atoms with Gasteiger partial charge in [-0.1, -0.05) is 22.9 Å². The highest BCUT2D eigenvalue weighted by Crippen LogP contribution is 2.47. The Hall–Kier alpha value is -1.76. The molecule has 0 heterocycles. The van der Waals surface area contributed by atoms with E-state index in [1.807, 2.05) is 0 Å². The Morgan fingerprint density at radius 3 is 2.32 bits per heavy atom. The van der Waals surface area contributed by atoms with Crippen molar-refractivity contribution in [1.29, 1.82) is 0 Å². The summed E-state index contributed by atoms with van der Waals surface area (Å²) in [6.45, 7) is 1.58. The number of aromatic hydroxyl groups is 3. The number of alkyl halides is 1. The van der Waals surface area contributed by atoms with Crippen molar-refractivity contribution in [3.8, 4) is 23.0 Å². The second kappa shape index (κ2) is 5.92. The summed E-state index contributed by atoms with van der Waals surface area (Å²) in [6, 6.07) is 0. The van der Waals surface area contributed by atoms with E-state index < -0.39 is 45.8 Å². The number of phenolic OH excluding ortho intramolecular Hbond substituents is 3. The summed E-state index contributed by atoms with van der Waals surface area (Å²) in [6.07, 6.45) is 0.183. The van der Waals surface area contributed by atoms with Crippen molar-refractivity contribution in [1.82, 2.24) is 0 Å². The number of carbonyl (C=O) groups excluding carboxylic acids is 2. The van der Waals surface area contributed by atoms with Gasteiger partial charge in [0, 0.05) is 11.2 Å². The molecule has 0 radical (unpaired) electrons. The smallest absolute Gasteiger partial charge is 0.204 e. The number of methoxy groups -OCH3 is 1. The second-order valence-electron chi connectivity index (χ2n) is 3.91. The molecule has 0 fully saturated rings. The van der Waals surface area contributed by atoms with Crippen LogP contribution in [-0.4, -0.2) is 39.8 Å². The largest absolute Gasteiger partial charge is 0.506 e. The molecule has 1 aromatic rings. The zero-order valence-electron chi connectivity index (χ0n) is 10.3. The lowest BCUT2D eigenvalue weighted by molar-refractivity contribution is 0.0936. The standard InChI is InChI=1S/C12H13BrO6/c1-5(3-13)8(15)7-9(16)6(4-14)10(17)12(19-2)11(7)18/h4-5,16-18H,3H2,1-2H3. The molecule has 0 aromatic heterocycles. The maximum absolute atomic E-state index is 12.1. The molecular weight excluding hydrogens is 320 g/mol. The van der Waals surface area contributed by atoms with Gasteiger partial charge in [-0.25, -0.2) is 0 Å². The van der Waals surface area contributed by atoms with Crippen LogP contribution in [0.1, 0.15) is 27.6 Å². The number of rotatable bonds is 5. The van der Waals surface area contributed by atoms with Crippen LogP contribution in [0.15, 0.2) is 0 Å². The topological polar surface area (TPSA) is 104 Å². The van der Waals surface area contributed by atoms with Crippen molar-refractivity contribution in [3.05, 3.63) is 11.1 Å². The maximum atomic E-state index is 12.1. The number of hydrogen-bond acceptors (Lipinski definition) is 6. The third-order valence-electron chi connectivity index (χ3n) is 2.66. The molecule has 1 unspecified atom stereocenters. The average molecular weight is 333 g/mol. The van der Waals surface area contributed by atoms with Gasteiger partial charge >= 0.3 is 0 Å². The first-order chi connectivity index (χ1) is 8.90. The van der Waals surface area contributed by atoms with Crippen LogP contribution in [0.2, 0.25) is 0 Å². The van der Waals surface area contributed by atoms with E-state index in [4.69, 9.17) is 4.74 Å². The van der Waals surface area contributed by atoms with Gasteiger partial charge in [-0.2, -0.15) is 0 Å². The van der Waals surface area contributed by atoms with Gasteiger partial charge in [-0.05, 0) is 0 Å². The lowest BCUT2D eigenvalue weighted by Gasteiger charge is -2.16. The van der Waals surface area contributed by atoms with E-state index in [2.05, 4.69) is 15.9 Å². The second-order valence-corrected chi connectivity index (χ2v) is 4.55. The van der Waals surface area contributed by atoms with E-state index in [0.29, 0.717) is 5.33 Å². The molecular formula is C12H13BrO6. The number of phenols is 3. The number of hydrogen-bond donors (Lipinski definition) is 3. The number of carbonyl (C=O) groups is 2. The van der Waals surface area contributed by atoms with Crippen molar-refractivity contribution in [2.24, 2.45) is 5.92 Å². The van der Waals surface area contributed by atoms with E-state index in [1.165, 1.54) is 0 Å². The van der Waals surface area contributed by atoms with E-state index in [0.717, 1.165) is 7.11 Å². The minimum atomic E-state index is -0.761. The normalized spacial score (nSPS) is 11.9. The number of ether oxygens (including phenoxy) is 1. The van der Waals surface area contributed by atoms with Gasteiger partial charge in [0.1, 0.15) is 16.9 Å². The molecule has 19 heavy (non-hydrogen) atoms. The van der Waals surface area contributed by atoms with Crippen LogP contribution in [0.5, 0.6) is 23.0 Å². The summed E-state index contributed by atoms with van der Waals surface area (Å²) < 4.78 is 4.74. The number of Topliss-reactive ketones (excluding diaryl/α,β-unsaturated/α-hetero) is 1. The van der Waals surface area contributed by atoms with Crippen LogP contribution in [0.4, 0.5) is 0 Å². The molecule has 0 spiro atoms. The van der Waals surface area contributed by atoms with Gasteiger partial charge in [-0.3, -0.25) is 9.59 Å². The summed E-state index contributed by atoms with van der Waals surface area (Å²) in [5.74, 6) is -3.70. The fourth-order valence-corrected chi connectivity index (χ4v) is 1.86. The van der Waals surface area contributed by atoms with Crippen molar-refractivity contribution in [2.45, 2.75) is 6.92 Å². The Balaban J connectivity index is 3.64. The molecule has 0 bridgehead atoms. The summed E-state index contributed by atoms with van der Waals surface area (Å²) in [5.41, 5.74) is -0.941. The minimum absolute atomic E-state index is 0.183. The van der Waals surface area contributed by atoms with Crippen LogP contribution in [0, 0.1) is 5.92 Å². The number of aldehydes is 1. The van der Waals surface area contributed by atoms with Crippen molar-refractivity contribution in [3.63, 3.8) is 0 Å². The lowest BCUT2D eigenvalue weighted by atomic mass is 9.96. The van der Waals surface area contributed by atoms with E-state index >= 15 is 0 Å². The van der Waals surface area contributed by atoms with Crippen LogP contribution < -0.4 is 4.74 Å². The zero-order valence-corrected chi connectivity index (χ0v) is 11.9. The molecule has 1 rings (SSSR count). The van der Waals surface area contributed by atoms with Gasteiger partial charge in [-0.15, -0.1) is 0 Å². The third kappa shape index (κ3) is 2.51. The highest BCUT2D eigenvalue weighted by atomic mass is 79.9. The first-order valence-electron chi connectivity index (χ1n) is 5.30. The molecule has 0 aliphatic heterocycles.